The lowest BCUT2D eigenvalue weighted by Crippen LogP contribution is -2.16. The number of benzene rings is 2. The molecule has 0 saturated heterocycles. The van der Waals surface area contributed by atoms with Gasteiger partial charge >= 0.3 is 0 Å². The van der Waals surface area contributed by atoms with Crippen LogP contribution in [-0.2, 0) is 0 Å². The number of aryl methyl sites for hydroxylation is 1. The SMILES string of the molecule is CC(=Nn1c(-c2ccc(Cl)cc2Cl)csc1=NC(C)C)c1ccc(C)c([N+](=O)[O-])c1. The summed E-state index contributed by atoms with van der Waals surface area (Å²) in [5.74, 6) is 0. The van der Waals surface area contributed by atoms with Gasteiger partial charge in [-0.05, 0) is 45.9 Å². The van der Waals surface area contributed by atoms with Gasteiger partial charge in [0.2, 0.25) is 4.80 Å². The molecule has 30 heavy (non-hydrogen) atoms. The molecule has 0 amide bonds. The quantitative estimate of drug-likeness (QED) is 0.252. The monoisotopic (exact) mass is 462 g/mol. The molecule has 1 aromatic heterocycles. The topological polar surface area (TPSA) is 72.8 Å². The molecule has 0 saturated carbocycles. The Morgan fingerprint density at radius 1 is 1.20 bits per heavy atom. The van der Waals surface area contributed by atoms with Crippen LogP contribution in [0.4, 0.5) is 5.69 Å². The first-order valence-electron chi connectivity index (χ1n) is 9.18. The largest absolute Gasteiger partial charge is 0.272 e. The lowest BCUT2D eigenvalue weighted by Gasteiger charge is -2.09. The van der Waals surface area contributed by atoms with E-state index in [9.17, 15) is 10.1 Å². The van der Waals surface area contributed by atoms with Crippen LogP contribution in [-0.4, -0.2) is 21.4 Å². The van der Waals surface area contributed by atoms with Crippen molar-refractivity contribution < 1.29 is 4.92 Å². The molecule has 6 nitrogen and oxygen atoms in total. The van der Waals surface area contributed by atoms with Gasteiger partial charge in [-0.15, -0.1) is 11.3 Å². The second-order valence-electron chi connectivity index (χ2n) is 7.01. The lowest BCUT2D eigenvalue weighted by atomic mass is 10.1. The van der Waals surface area contributed by atoms with E-state index in [1.165, 1.54) is 17.4 Å². The molecule has 0 spiro atoms. The van der Waals surface area contributed by atoms with Gasteiger partial charge in [0.25, 0.3) is 5.69 Å². The molecule has 0 radical (unpaired) electrons. The summed E-state index contributed by atoms with van der Waals surface area (Å²) < 4.78 is 1.72. The van der Waals surface area contributed by atoms with Gasteiger partial charge in [-0.3, -0.25) is 15.1 Å². The molecule has 156 valence electrons. The van der Waals surface area contributed by atoms with Crippen molar-refractivity contribution in [1.29, 1.82) is 0 Å². The Bertz CT molecular complexity index is 1210. The Kier molecular flexibility index (Phi) is 6.75. The van der Waals surface area contributed by atoms with E-state index in [0.717, 1.165) is 11.3 Å². The van der Waals surface area contributed by atoms with E-state index < -0.39 is 0 Å². The average Bonchev–Trinajstić information content (AvgIpc) is 3.03. The minimum Gasteiger partial charge on any atom is -0.258 e. The van der Waals surface area contributed by atoms with Crippen molar-refractivity contribution in [2.45, 2.75) is 33.7 Å². The van der Waals surface area contributed by atoms with E-state index in [1.54, 1.807) is 29.8 Å². The van der Waals surface area contributed by atoms with Crippen molar-refractivity contribution in [1.82, 2.24) is 4.68 Å². The second kappa shape index (κ2) is 9.12. The van der Waals surface area contributed by atoms with Crippen LogP contribution in [0.25, 0.3) is 11.3 Å². The van der Waals surface area contributed by atoms with Crippen LogP contribution in [0, 0.1) is 17.0 Å². The van der Waals surface area contributed by atoms with Crippen LogP contribution < -0.4 is 4.80 Å². The lowest BCUT2D eigenvalue weighted by molar-refractivity contribution is -0.385. The summed E-state index contributed by atoms with van der Waals surface area (Å²) in [5.41, 5.74) is 3.48. The Morgan fingerprint density at radius 2 is 1.93 bits per heavy atom. The van der Waals surface area contributed by atoms with Crippen molar-refractivity contribution in [2.24, 2.45) is 10.1 Å². The van der Waals surface area contributed by atoms with Gasteiger partial charge in [-0.1, -0.05) is 35.3 Å². The van der Waals surface area contributed by atoms with E-state index >= 15 is 0 Å². The minimum atomic E-state index is -0.387. The number of nitro benzene ring substituents is 1. The zero-order chi connectivity index (χ0) is 22.0. The number of nitro groups is 1. The smallest absolute Gasteiger partial charge is 0.258 e. The normalized spacial score (nSPS) is 12.6. The van der Waals surface area contributed by atoms with Crippen molar-refractivity contribution in [2.75, 3.05) is 0 Å². The van der Waals surface area contributed by atoms with Gasteiger partial charge in [-0.2, -0.15) is 5.10 Å². The maximum absolute atomic E-state index is 11.3. The summed E-state index contributed by atoms with van der Waals surface area (Å²) in [4.78, 5) is 16.3. The predicted molar refractivity (Wildman–Crippen MR) is 124 cm³/mol. The van der Waals surface area contributed by atoms with E-state index in [4.69, 9.17) is 28.3 Å². The van der Waals surface area contributed by atoms with Crippen LogP contribution in [0.2, 0.25) is 10.0 Å². The van der Waals surface area contributed by atoms with E-state index in [1.807, 2.05) is 38.3 Å². The molecule has 0 atom stereocenters. The van der Waals surface area contributed by atoms with Crippen molar-refractivity contribution >= 4 is 45.9 Å². The molecule has 0 bridgehead atoms. The summed E-state index contributed by atoms with van der Waals surface area (Å²) >= 11 is 13.9. The molecule has 3 rings (SSSR count). The molecule has 0 aliphatic carbocycles. The van der Waals surface area contributed by atoms with Gasteiger partial charge in [0, 0.05) is 39.2 Å². The van der Waals surface area contributed by atoms with Crippen molar-refractivity contribution in [3.8, 4) is 11.3 Å². The highest BCUT2D eigenvalue weighted by molar-refractivity contribution is 7.07. The van der Waals surface area contributed by atoms with Gasteiger partial charge in [0.15, 0.2) is 0 Å². The Hall–Kier alpha value is -2.48. The molecule has 9 heteroatoms. The van der Waals surface area contributed by atoms with Gasteiger partial charge in [0.05, 0.1) is 21.4 Å². The van der Waals surface area contributed by atoms with Gasteiger partial charge in [0.1, 0.15) is 0 Å². The summed E-state index contributed by atoms with van der Waals surface area (Å²) in [6, 6.07) is 10.4. The number of halogens is 2. The highest BCUT2D eigenvalue weighted by atomic mass is 35.5. The first-order chi connectivity index (χ1) is 14.2. The van der Waals surface area contributed by atoms with Crippen LogP contribution in [0.5, 0.6) is 0 Å². The van der Waals surface area contributed by atoms with Crippen LogP contribution >= 0.6 is 34.5 Å². The summed E-state index contributed by atoms with van der Waals surface area (Å²) in [6.45, 7) is 7.49. The number of nitrogens with zero attached hydrogens (tertiary/aromatic N) is 4. The fourth-order valence-corrected chi connectivity index (χ4v) is 4.29. The molecule has 0 aliphatic rings. The van der Waals surface area contributed by atoms with E-state index in [-0.39, 0.29) is 16.7 Å². The zero-order valence-electron chi connectivity index (χ0n) is 16.9. The summed E-state index contributed by atoms with van der Waals surface area (Å²) in [5, 5.41) is 19.0. The molecule has 0 aliphatic heterocycles. The maximum atomic E-state index is 11.3. The minimum absolute atomic E-state index is 0.0606. The highest BCUT2D eigenvalue weighted by Gasteiger charge is 2.15. The van der Waals surface area contributed by atoms with E-state index in [2.05, 4.69) is 4.99 Å². The fourth-order valence-electron chi connectivity index (χ4n) is 2.83. The summed E-state index contributed by atoms with van der Waals surface area (Å²) in [7, 11) is 0. The number of rotatable bonds is 5. The Balaban J connectivity index is 2.20. The van der Waals surface area contributed by atoms with Crippen LogP contribution in [0.15, 0.2) is 51.9 Å². The van der Waals surface area contributed by atoms with Crippen molar-refractivity contribution in [3.05, 3.63) is 77.9 Å². The van der Waals surface area contributed by atoms with Gasteiger partial charge in [-0.25, -0.2) is 4.68 Å². The fraction of sp³-hybridized carbons (Fsp3) is 0.238. The molecule has 0 fully saturated rings. The van der Waals surface area contributed by atoms with Crippen LogP contribution in [0.1, 0.15) is 31.9 Å². The molecule has 3 aromatic rings. The Morgan fingerprint density at radius 3 is 2.57 bits per heavy atom. The first-order valence-corrected chi connectivity index (χ1v) is 10.8. The van der Waals surface area contributed by atoms with Gasteiger partial charge < -0.3 is 0 Å². The average molecular weight is 463 g/mol. The third-order valence-corrected chi connectivity index (χ3v) is 5.71. The molecular formula is C21H20Cl2N4O2S. The number of thiazole rings is 1. The molecule has 0 N–H and O–H groups in total. The Labute approximate surface area is 188 Å². The number of hydrogen-bond donors (Lipinski definition) is 0. The third kappa shape index (κ3) is 4.80. The predicted octanol–water partition coefficient (Wildman–Crippen LogP) is 6.32. The molecular weight excluding hydrogens is 443 g/mol. The standard InChI is InChI=1S/C21H20Cl2N4O2S/c1-12(2)24-21-26(20(11-30-21)17-8-7-16(22)10-18(17)23)25-14(4)15-6-5-13(3)19(9-15)27(28)29/h5-12H,1-4H3. The van der Waals surface area contributed by atoms with Crippen LogP contribution in [0.3, 0.4) is 0 Å². The summed E-state index contributed by atoms with van der Waals surface area (Å²) in [6.07, 6.45) is 0. The first kappa shape index (κ1) is 22.2. The highest BCUT2D eigenvalue weighted by Crippen LogP contribution is 2.31. The number of aromatic nitrogens is 1. The zero-order valence-corrected chi connectivity index (χ0v) is 19.2. The molecule has 1 heterocycles. The maximum Gasteiger partial charge on any atom is 0.272 e. The second-order valence-corrected chi connectivity index (χ2v) is 8.69. The van der Waals surface area contributed by atoms with Crippen molar-refractivity contribution in [3.63, 3.8) is 0 Å². The number of hydrogen-bond acceptors (Lipinski definition) is 5. The van der Waals surface area contributed by atoms with E-state index in [0.29, 0.717) is 31.7 Å². The third-order valence-electron chi connectivity index (χ3n) is 4.33. The molecule has 0 unspecified atom stereocenters. The molecule has 2 aromatic carbocycles.